The van der Waals surface area contributed by atoms with Crippen LogP contribution in [0.25, 0.3) is 17.6 Å². The van der Waals surface area contributed by atoms with E-state index in [1.54, 1.807) is 30.5 Å². The summed E-state index contributed by atoms with van der Waals surface area (Å²) in [6, 6.07) is 12.7. The summed E-state index contributed by atoms with van der Waals surface area (Å²) in [5.41, 5.74) is 1.83. The largest absolute Gasteiger partial charge is 0.488 e. The van der Waals surface area contributed by atoms with Gasteiger partial charge in [0.15, 0.2) is 5.76 Å². The number of furan rings is 1. The third kappa shape index (κ3) is 2.81. The number of hydrogen-bond acceptors (Lipinski definition) is 6. The highest BCUT2D eigenvalue weighted by molar-refractivity contribution is 5.95. The molecule has 24 heavy (non-hydrogen) atoms. The number of carbonyl (C=O) groups is 1. The molecule has 0 radical (unpaired) electrons. The molecular formula is C18H13NO5. The summed E-state index contributed by atoms with van der Waals surface area (Å²) in [7, 11) is 0. The van der Waals surface area contributed by atoms with Crippen LogP contribution in [0.5, 0.6) is 5.75 Å². The third-order valence-corrected chi connectivity index (χ3v) is 3.57. The van der Waals surface area contributed by atoms with Crippen molar-refractivity contribution in [3.8, 4) is 17.3 Å². The predicted octanol–water partition coefficient (Wildman–Crippen LogP) is 3.45. The summed E-state index contributed by atoms with van der Waals surface area (Å²) in [5, 5.41) is 3.86. The maximum atomic E-state index is 12.2. The van der Waals surface area contributed by atoms with Gasteiger partial charge in [0.2, 0.25) is 5.76 Å². The minimum atomic E-state index is -0.438. The average molecular weight is 323 g/mol. The minimum Gasteiger partial charge on any atom is -0.488 e. The highest BCUT2D eigenvalue weighted by Gasteiger charge is 2.19. The SMILES string of the molecule is O=C(OCc1cc(-c2ccco2)on1)C1=Cc2ccccc2OC1. The van der Waals surface area contributed by atoms with Crippen molar-refractivity contribution in [3.63, 3.8) is 0 Å². The van der Waals surface area contributed by atoms with Gasteiger partial charge in [-0.3, -0.25) is 0 Å². The quantitative estimate of drug-likeness (QED) is 0.685. The maximum absolute atomic E-state index is 12.2. The molecule has 0 amide bonds. The van der Waals surface area contributed by atoms with Gasteiger partial charge in [0, 0.05) is 11.6 Å². The Bertz CT molecular complexity index is 892. The Kier molecular flexibility index (Phi) is 3.63. The van der Waals surface area contributed by atoms with Crippen molar-refractivity contribution < 1.29 is 23.2 Å². The van der Waals surface area contributed by atoms with Gasteiger partial charge in [-0.05, 0) is 24.3 Å². The van der Waals surface area contributed by atoms with Gasteiger partial charge in [-0.15, -0.1) is 0 Å². The van der Waals surface area contributed by atoms with Gasteiger partial charge in [-0.1, -0.05) is 23.4 Å². The third-order valence-electron chi connectivity index (χ3n) is 3.57. The number of rotatable bonds is 4. The van der Waals surface area contributed by atoms with Gasteiger partial charge in [0.1, 0.15) is 24.7 Å². The van der Waals surface area contributed by atoms with Crippen LogP contribution in [0.15, 0.2) is 63.2 Å². The fourth-order valence-electron chi connectivity index (χ4n) is 2.38. The van der Waals surface area contributed by atoms with Crippen molar-refractivity contribution in [2.24, 2.45) is 0 Å². The van der Waals surface area contributed by atoms with Crippen LogP contribution < -0.4 is 4.74 Å². The van der Waals surface area contributed by atoms with Gasteiger partial charge >= 0.3 is 5.97 Å². The van der Waals surface area contributed by atoms with E-state index in [0.29, 0.717) is 22.8 Å². The summed E-state index contributed by atoms with van der Waals surface area (Å²) < 4.78 is 21.2. The van der Waals surface area contributed by atoms with Crippen LogP contribution in [0.4, 0.5) is 0 Å². The molecule has 3 aromatic rings. The molecule has 1 aliphatic heterocycles. The van der Waals surface area contributed by atoms with Crippen LogP contribution in [0.3, 0.4) is 0 Å². The highest BCUT2D eigenvalue weighted by atomic mass is 16.5. The Morgan fingerprint density at radius 3 is 2.96 bits per heavy atom. The molecular weight excluding hydrogens is 310 g/mol. The van der Waals surface area contributed by atoms with Crippen LogP contribution in [0.2, 0.25) is 0 Å². The number of carbonyl (C=O) groups excluding carboxylic acids is 1. The van der Waals surface area contributed by atoms with E-state index in [2.05, 4.69) is 5.16 Å². The molecule has 0 fully saturated rings. The lowest BCUT2D eigenvalue weighted by atomic mass is 10.1. The Hall–Kier alpha value is -3.28. The predicted molar refractivity (Wildman–Crippen MR) is 83.9 cm³/mol. The Labute approximate surface area is 137 Å². The molecule has 0 bridgehead atoms. The zero-order valence-electron chi connectivity index (χ0n) is 12.6. The molecule has 2 aromatic heterocycles. The second-order valence-electron chi connectivity index (χ2n) is 5.23. The standard InChI is InChI=1S/C18H13NO5/c20-18(13-8-12-4-1-2-5-15(12)22-10-13)23-11-14-9-17(24-19-14)16-6-3-7-21-16/h1-9H,10-11H2. The number of hydrogen-bond donors (Lipinski definition) is 0. The first-order chi connectivity index (χ1) is 11.8. The number of benzene rings is 1. The lowest BCUT2D eigenvalue weighted by Gasteiger charge is -2.16. The topological polar surface area (TPSA) is 74.7 Å². The monoisotopic (exact) mass is 323 g/mol. The number of esters is 1. The molecule has 0 unspecified atom stereocenters. The van der Waals surface area contributed by atoms with Crippen molar-refractivity contribution in [3.05, 3.63) is 65.6 Å². The fraction of sp³-hybridized carbons (Fsp3) is 0.111. The van der Waals surface area contributed by atoms with Gasteiger partial charge in [-0.2, -0.15) is 0 Å². The molecule has 1 aliphatic rings. The second kappa shape index (κ2) is 6.08. The normalized spacial score (nSPS) is 12.9. The molecule has 120 valence electrons. The first-order valence-corrected chi connectivity index (χ1v) is 7.38. The zero-order chi connectivity index (χ0) is 16.4. The van der Waals surface area contributed by atoms with Gasteiger partial charge in [-0.25, -0.2) is 4.79 Å². The van der Waals surface area contributed by atoms with E-state index in [0.717, 1.165) is 11.3 Å². The molecule has 6 nitrogen and oxygen atoms in total. The van der Waals surface area contributed by atoms with E-state index in [9.17, 15) is 4.79 Å². The minimum absolute atomic E-state index is 0.0159. The maximum Gasteiger partial charge on any atom is 0.337 e. The van der Waals surface area contributed by atoms with E-state index in [-0.39, 0.29) is 13.2 Å². The molecule has 4 rings (SSSR count). The van der Waals surface area contributed by atoms with Crippen LogP contribution in [0.1, 0.15) is 11.3 Å². The van der Waals surface area contributed by atoms with E-state index < -0.39 is 5.97 Å². The Balaban J connectivity index is 1.42. The van der Waals surface area contributed by atoms with Crippen LogP contribution in [0, 0.1) is 0 Å². The zero-order valence-corrected chi connectivity index (χ0v) is 12.6. The number of fused-ring (bicyclic) bond motifs is 1. The fourth-order valence-corrected chi connectivity index (χ4v) is 2.38. The molecule has 3 heterocycles. The van der Waals surface area contributed by atoms with E-state index in [1.807, 2.05) is 24.3 Å². The van der Waals surface area contributed by atoms with Crippen molar-refractivity contribution in [2.75, 3.05) is 6.61 Å². The lowest BCUT2D eigenvalue weighted by Crippen LogP contribution is -2.17. The van der Waals surface area contributed by atoms with Crippen LogP contribution in [-0.4, -0.2) is 17.7 Å². The molecule has 0 spiro atoms. The molecule has 0 atom stereocenters. The number of ether oxygens (including phenoxy) is 2. The van der Waals surface area contributed by atoms with Crippen LogP contribution >= 0.6 is 0 Å². The van der Waals surface area contributed by atoms with Gasteiger partial charge < -0.3 is 18.4 Å². The van der Waals surface area contributed by atoms with Crippen molar-refractivity contribution in [2.45, 2.75) is 6.61 Å². The molecule has 1 aromatic carbocycles. The van der Waals surface area contributed by atoms with E-state index >= 15 is 0 Å². The van der Waals surface area contributed by atoms with Crippen molar-refractivity contribution in [1.82, 2.24) is 5.16 Å². The molecule has 0 saturated carbocycles. The second-order valence-corrected chi connectivity index (χ2v) is 5.23. The summed E-state index contributed by atoms with van der Waals surface area (Å²) in [4.78, 5) is 12.2. The number of aromatic nitrogens is 1. The van der Waals surface area contributed by atoms with Crippen molar-refractivity contribution >= 4 is 12.0 Å². The van der Waals surface area contributed by atoms with Crippen molar-refractivity contribution in [1.29, 1.82) is 0 Å². The summed E-state index contributed by atoms with van der Waals surface area (Å²) in [5.74, 6) is 1.38. The summed E-state index contributed by atoms with van der Waals surface area (Å²) in [6.07, 6.45) is 3.32. The van der Waals surface area contributed by atoms with Gasteiger partial charge in [0.05, 0.1) is 11.8 Å². The molecule has 6 heteroatoms. The number of nitrogens with zero attached hydrogens (tertiary/aromatic N) is 1. The number of para-hydroxylation sites is 1. The highest BCUT2D eigenvalue weighted by Crippen LogP contribution is 2.26. The molecule has 0 saturated heterocycles. The van der Waals surface area contributed by atoms with E-state index in [1.165, 1.54) is 0 Å². The smallest absolute Gasteiger partial charge is 0.337 e. The molecule has 0 N–H and O–H groups in total. The molecule has 0 aliphatic carbocycles. The van der Waals surface area contributed by atoms with Gasteiger partial charge in [0.25, 0.3) is 0 Å². The van der Waals surface area contributed by atoms with E-state index in [4.69, 9.17) is 18.4 Å². The Morgan fingerprint density at radius 1 is 1.17 bits per heavy atom. The van der Waals surface area contributed by atoms with Crippen LogP contribution in [-0.2, 0) is 16.1 Å². The summed E-state index contributed by atoms with van der Waals surface area (Å²) in [6.45, 7) is 0.203. The summed E-state index contributed by atoms with van der Waals surface area (Å²) >= 11 is 0. The average Bonchev–Trinajstić information content (AvgIpc) is 3.30. The Morgan fingerprint density at radius 2 is 2.08 bits per heavy atom. The first kappa shape index (κ1) is 14.3. The lowest BCUT2D eigenvalue weighted by molar-refractivity contribution is -0.140. The first-order valence-electron chi connectivity index (χ1n) is 7.38.